The minimum absolute atomic E-state index is 0.982. The lowest BCUT2D eigenvalue weighted by atomic mass is 10.2. The summed E-state index contributed by atoms with van der Waals surface area (Å²) in [6, 6.07) is 10.4. The molecule has 0 bridgehead atoms. The number of nitrogens with zero attached hydrogens (tertiary/aromatic N) is 2. The Labute approximate surface area is 89.2 Å². The predicted molar refractivity (Wildman–Crippen MR) is 60.7 cm³/mol. The van der Waals surface area contributed by atoms with Gasteiger partial charge in [0, 0.05) is 4.88 Å². The van der Waals surface area contributed by atoms with Crippen LogP contribution in [0.2, 0.25) is 0 Å². The summed E-state index contributed by atoms with van der Waals surface area (Å²) < 4.78 is 8.40. The highest BCUT2D eigenvalue weighted by Crippen LogP contribution is 2.26. The molecule has 0 N–H and O–H groups in total. The van der Waals surface area contributed by atoms with Crippen LogP contribution in [0.15, 0.2) is 35.7 Å². The number of benzene rings is 1. The van der Waals surface area contributed by atoms with E-state index in [2.05, 4.69) is 38.4 Å². The van der Waals surface area contributed by atoms with Crippen LogP contribution in [0.1, 0.15) is 0 Å². The van der Waals surface area contributed by atoms with Gasteiger partial charge in [-0.05, 0) is 29.1 Å². The second kappa shape index (κ2) is 3.15. The summed E-state index contributed by atoms with van der Waals surface area (Å²) in [7, 11) is 0. The van der Waals surface area contributed by atoms with E-state index in [9.17, 15) is 0 Å². The summed E-state index contributed by atoms with van der Waals surface area (Å²) in [5, 5.41) is 2.08. The molecule has 2 aromatic heterocycles. The lowest BCUT2D eigenvalue weighted by molar-refractivity contribution is 1.64. The second-order valence-corrected chi connectivity index (χ2v) is 4.42. The first-order valence-corrected chi connectivity index (χ1v) is 5.81. The molecule has 0 spiro atoms. The molecule has 0 aliphatic heterocycles. The predicted octanol–water partition coefficient (Wildman–Crippen LogP) is 3.42. The van der Waals surface area contributed by atoms with Crippen LogP contribution >= 0.6 is 23.1 Å². The molecule has 1 aromatic carbocycles. The van der Waals surface area contributed by atoms with E-state index in [1.807, 2.05) is 6.07 Å². The standard InChI is InChI=1S/C10H6N2S2/c1-2-10(13-5-1)7-3-4-8-9(6-7)12-14-11-8/h1-6H. The molecule has 0 aliphatic carbocycles. The summed E-state index contributed by atoms with van der Waals surface area (Å²) >= 11 is 3.00. The third-order valence-corrected chi connectivity index (χ3v) is 3.54. The molecule has 0 fully saturated rings. The zero-order chi connectivity index (χ0) is 9.38. The fourth-order valence-corrected chi connectivity index (χ4v) is 2.62. The normalized spacial score (nSPS) is 10.9. The number of hydrogen-bond donors (Lipinski definition) is 0. The van der Waals surface area contributed by atoms with E-state index in [0.29, 0.717) is 0 Å². The van der Waals surface area contributed by atoms with Gasteiger partial charge in [0.1, 0.15) is 11.0 Å². The van der Waals surface area contributed by atoms with Gasteiger partial charge in [-0.1, -0.05) is 12.1 Å². The van der Waals surface area contributed by atoms with Crippen molar-refractivity contribution in [2.45, 2.75) is 0 Å². The first-order valence-electron chi connectivity index (χ1n) is 4.20. The lowest BCUT2D eigenvalue weighted by Crippen LogP contribution is -1.73. The number of hydrogen-bond acceptors (Lipinski definition) is 4. The van der Waals surface area contributed by atoms with Crippen molar-refractivity contribution >= 4 is 34.1 Å². The molecule has 3 rings (SSSR count). The zero-order valence-corrected chi connectivity index (χ0v) is 8.81. The molecular weight excluding hydrogens is 212 g/mol. The Balaban J connectivity index is 2.23. The molecule has 4 heteroatoms. The number of thiophene rings is 1. The Hall–Kier alpha value is -1.26. The van der Waals surface area contributed by atoms with Gasteiger partial charge in [0.15, 0.2) is 0 Å². The maximum absolute atomic E-state index is 4.22. The molecule has 0 aliphatic rings. The molecule has 68 valence electrons. The molecule has 0 saturated heterocycles. The van der Waals surface area contributed by atoms with E-state index in [1.54, 1.807) is 11.3 Å². The quantitative estimate of drug-likeness (QED) is 0.625. The van der Waals surface area contributed by atoms with Gasteiger partial charge >= 0.3 is 0 Å². The van der Waals surface area contributed by atoms with E-state index < -0.39 is 0 Å². The van der Waals surface area contributed by atoms with Gasteiger partial charge in [-0.15, -0.1) is 11.3 Å². The molecule has 0 amide bonds. The van der Waals surface area contributed by atoms with Gasteiger partial charge in [0.2, 0.25) is 0 Å². The number of aromatic nitrogens is 2. The van der Waals surface area contributed by atoms with Crippen molar-refractivity contribution in [3.05, 3.63) is 35.7 Å². The topological polar surface area (TPSA) is 25.8 Å². The number of rotatable bonds is 1. The Morgan fingerprint density at radius 3 is 2.79 bits per heavy atom. The Morgan fingerprint density at radius 2 is 1.93 bits per heavy atom. The fourth-order valence-electron chi connectivity index (χ4n) is 1.38. The Kier molecular flexibility index (Phi) is 1.82. The molecule has 14 heavy (non-hydrogen) atoms. The van der Waals surface area contributed by atoms with Crippen LogP contribution in [0, 0.1) is 0 Å². The smallest absolute Gasteiger partial charge is 0.105 e. The van der Waals surface area contributed by atoms with Crippen LogP contribution in [0.25, 0.3) is 21.5 Å². The summed E-state index contributed by atoms with van der Waals surface area (Å²) in [4.78, 5) is 1.28. The van der Waals surface area contributed by atoms with Crippen molar-refractivity contribution in [2.75, 3.05) is 0 Å². The van der Waals surface area contributed by atoms with Gasteiger partial charge in [-0.2, -0.15) is 8.75 Å². The van der Waals surface area contributed by atoms with Crippen LogP contribution in [-0.4, -0.2) is 8.75 Å². The summed E-state index contributed by atoms with van der Waals surface area (Å²) in [5.74, 6) is 0. The van der Waals surface area contributed by atoms with Crippen LogP contribution in [0.4, 0.5) is 0 Å². The Morgan fingerprint density at radius 1 is 1.00 bits per heavy atom. The van der Waals surface area contributed by atoms with Crippen LogP contribution < -0.4 is 0 Å². The Bertz CT molecular complexity index is 554. The van der Waals surface area contributed by atoms with Gasteiger partial charge < -0.3 is 0 Å². The van der Waals surface area contributed by atoms with E-state index in [-0.39, 0.29) is 0 Å². The first-order chi connectivity index (χ1) is 6.93. The van der Waals surface area contributed by atoms with E-state index >= 15 is 0 Å². The van der Waals surface area contributed by atoms with E-state index in [4.69, 9.17) is 0 Å². The molecule has 2 heterocycles. The summed E-state index contributed by atoms with van der Waals surface area (Å²) in [5.41, 5.74) is 3.19. The van der Waals surface area contributed by atoms with Crippen LogP contribution in [0.5, 0.6) is 0 Å². The highest BCUT2D eigenvalue weighted by molar-refractivity contribution is 7.13. The largest absolute Gasteiger partial charge is 0.173 e. The SMILES string of the molecule is c1csc(-c2ccc3nsnc3c2)c1. The molecule has 0 atom stereocenters. The van der Waals surface area contributed by atoms with E-state index in [0.717, 1.165) is 11.0 Å². The van der Waals surface area contributed by atoms with Gasteiger partial charge in [-0.3, -0.25) is 0 Å². The third-order valence-electron chi connectivity index (χ3n) is 2.06. The molecule has 0 saturated carbocycles. The fraction of sp³-hybridized carbons (Fsp3) is 0. The molecule has 0 radical (unpaired) electrons. The molecule has 2 nitrogen and oxygen atoms in total. The van der Waals surface area contributed by atoms with Crippen molar-refractivity contribution in [1.29, 1.82) is 0 Å². The lowest BCUT2D eigenvalue weighted by Gasteiger charge is -1.95. The van der Waals surface area contributed by atoms with Crippen molar-refractivity contribution in [3.63, 3.8) is 0 Å². The monoisotopic (exact) mass is 218 g/mol. The minimum atomic E-state index is 0.982. The van der Waals surface area contributed by atoms with Crippen molar-refractivity contribution in [3.8, 4) is 10.4 Å². The molecule has 3 aromatic rings. The van der Waals surface area contributed by atoms with Gasteiger partial charge in [0.25, 0.3) is 0 Å². The zero-order valence-electron chi connectivity index (χ0n) is 7.18. The number of fused-ring (bicyclic) bond motifs is 1. The van der Waals surface area contributed by atoms with Gasteiger partial charge in [-0.25, -0.2) is 0 Å². The minimum Gasteiger partial charge on any atom is -0.173 e. The maximum atomic E-state index is 4.22. The average molecular weight is 218 g/mol. The second-order valence-electron chi connectivity index (χ2n) is 2.95. The summed E-state index contributed by atoms with van der Waals surface area (Å²) in [6.07, 6.45) is 0. The van der Waals surface area contributed by atoms with Crippen molar-refractivity contribution < 1.29 is 0 Å². The highest BCUT2D eigenvalue weighted by atomic mass is 32.1. The molecular formula is C10H6N2S2. The van der Waals surface area contributed by atoms with Gasteiger partial charge in [0.05, 0.1) is 11.7 Å². The van der Waals surface area contributed by atoms with Crippen LogP contribution in [-0.2, 0) is 0 Å². The molecule has 0 unspecified atom stereocenters. The highest BCUT2D eigenvalue weighted by Gasteiger charge is 2.02. The average Bonchev–Trinajstić information content (AvgIpc) is 2.88. The van der Waals surface area contributed by atoms with E-state index in [1.165, 1.54) is 22.2 Å². The van der Waals surface area contributed by atoms with Crippen molar-refractivity contribution in [2.24, 2.45) is 0 Å². The third kappa shape index (κ3) is 1.23. The maximum Gasteiger partial charge on any atom is 0.105 e. The summed E-state index contributed by atoms with van der Waals surface area (Å²) in [6.45, 7) is 0. The first kappa shape index (κ1) is 8.08. The van der Waals surface area contributed by atoms with Crippen molar-refractivity contribution in [1.82, 2.24) is 8.75 Å². The van der Waals surface area contributed by atoms with Crippen LogP contribution in [0.3, 0.4) is 0 Å².